The Hall–Kier alpha value is -3.39. The minimum Gasteiger partial charge on any atom is -0.494 e. The van der Waals surface area contributed by atoms with E-state index in [1.807, 2.05) is 45.9 Å². The summed E-state index contributed by atoms with van der Waals surface area (Å²) in [7, 11) is 0. The van der Waals surface area contributed by atoms with Crippen LogP contribution in [-0.2, 0) is 9.53 Å². The van der Waals surface area contributed by atoms with Gasteiger partial charge in [0, 0.05) is 5.56 Å². The van der Waals surface area contributed by atoms with Crippen molar-refractivity contribution < 1.29 is 19.1 Å². The van der Waals surface area contributed by atoms with Gasteiger partial charge in [0.25, 0.3) is 0 Å². The van der Waals surface area contributed by atoms with Crippen LogP contribution < -0.4 is 4.74 Å². The molecule has 0 spiro atoms. The third kappa shape index (κ3) is 5.31. The van der Waals surface area contributed by atoms with E-state index in [2.05, 4.69) is 0 Å². The van der Waals surface area contributed by atoms with Gasteiger partial charge in [-0.2, -0.15) is 5.26 Å². The van der Waals surface area contributed by atoms with Crippen molar-refractivity contribution in [3.63, 3.8) is 0 Å². The normalized spacial score (nSPS) is 10.9. The number of nitrogens with zero attached hydrogens (tertiary/aromatic N) is 1. The molecule has 2 aromatic rings. The third-order valence-corrected chi connectivity index (χ3v) is 4.13. The highest BCUT2D eigenvalue weighted by Gasteiger charge is 2.17. The Kier molecular flexibility index (Phi) is 7.11. The van der Waals surface area contributed by atoms with Crippen LogP contribution in [0.15, 0.2) is 42.0 Å². The number of nitriles is 1. The van der Waals surface area contributed by atoms with E-state index in [0.29, 0.717) is 23.5 Å². The molecule has 0 N–H and O–H groups in total. The number of carbonyl (C=O) groups is 2. The Bertz CT molecular complexity index is 927. The van der Waals surface area contributed by atoms with E-state index in [4.69, 9.17) is 9.47 Å². The van der Waals surface area contributed by atoms with Crippen LogP contribution in [0.3, 0.4) is 0 Å². The lowest BCUT2D eigenvalue weighted by molar-refractivity contribution is -0.137. The lowest BCUT2D eigenvalue weighted by atomic mass is 9.97. The molecule has 5 nitrogen and oxygen atoms in total. The van der Waals surface area contributed by atoms with Crippen LogP contribution in [0.25, 0.3) is 6.08 Å². The average Bonchev–Trinajstić information content (AvgIpc) is 2.65. The molecule has 2 rings (SSSR count). The molecule has 0 amide bonds. The smallest absolute Gasteiger partial charge is 0.349 e. The number of carbonyl (C=O) groups excluding carboxylic acids is 2. The second kappa shape index (κ2) is 9.52. The van der Waals surface area contributed by atoms with Crippen molar-refractivity contribution in [2.24, 2.45) is 0 Å². The minimum atomic E-state index is -0.827. The standard InChI is InChI=1S/C23H23NO4/c1-5-27-20-8-6-18(7-9-20)12-19(13-24)23(26)28-14-21(25)22-16(3)10-15(2)11-17(22)4/h6-12H,5,14H2,1-4H3/b19-12+. The topological polar surface area (TPSA) is 76.4 Å². The SMILES string of the molecule is CCOc1ccc(/C=C(\C#N)C(=O)OCC(=O)c2c(C)cc(C)cc2C)cc1. The number of ether oxygens (including phenoxy) is 2. The monoisotopic (exact) mass is 377 g/mol. The minimum absolute atomic E-state index is 0.172. The van der Waals surface area contributed by atoms with Gasteiger partial charge in [-0.3, -0.25) is 4.79 Å². The van der Waals surface area contributed by atoms with Gasteiger partial charge in [0.05, 0.1) is 6.61 Å². The average molecular weight is 377 g/mol. The molecule has 144 valence electrons. The van der Waals surface area contributed by atoms with E-state index in [1.165, 1.54) is 6.08 Å². The van der Waals surface area contributed by atoms with Crippen LogP contribution in [0.4, 0.5) is 0 Å². The molecular formula is C23H23NO4. The van der Waals surface area contributed by atoms with Crippen LogP contribution in [-0.4, -0.2) is 25.0 Å². The fourth-order valence-corrected chi connectivity index (χ4v) is 3.03. The Labute approximate surface area is 165 Å². The second-order valence-electron chi connectivity index (χ2n) is 6.44. The van der Waals surface area contributed by atoms with Gasteiger partial charge in [0.2, 0.25) is 5.78 Å². The molecule has 0 aliphatic carbocycles. The molecule has 0 bridgehead atoms. The van der Waals surface area contributed by atoms with Gasteiger partial charge < -0.3 is 9.47 Å². The fourth-order valence-electron chi connectivity index (χ4n) is 3.03. The van der Waals surface area contributed by atoms with Crippen molar-refractivity contribution >= 4 is 17.8 Å². The molecule has 0 saturated carbocycles. The maximum atomic E-state index is 12.5. The van der Waals surface area contributed by atoms with Crippen molar-refractivity contribution in [1.29, 1.82) is 5.26 Å². The summed E-state index contributed by atoms with van der Waals surface area (Å²) < 4.78 is 10.4. The first-order chi connectivity index (χ1) is 13.3. The van der Waals surface area contributed by atoms with Crippen LogP contribution in [0.2, 0.25) is 0 Å². The molecule has 0 aliphatic heterocycles. The van der Waals surface area contributed by atoms with Crippen LogP contribution in [0, 0.1) is 32.1 Å². The van der Waals surface area contributed by atoms with Gasteiger partial charge in [0.15, 0.2) is 6.61 Å². The molecule has 0 aromatic heterocycles. The lowest BCUT2D eigenvalue weighted by Gasteiger charge is -2.10. The molecule has 0 unspecified atom stereocenters. The number of benzene rings is 2. The molecule has 0 aliphatic rings. The largest absolute Gasteiger partial charge is 0.494 e. The number of ketones is 1. The molecule has 5 heteroatoms. The zero-order valence-corrected chi connectivity index (χ0v) is 16.5. The van der Waals surface area contributed by atoms with E-state index in [1.54, 1.807) is 24.3 Å². The van der Waals surface area contributed by atoms with Crippen LogP contribution in [0.1, 0.15) is 39.5 Å². The van der Waals surface area contributed by atoms with E-state index >= 15 is 0 Å². The van der Waals surface area contributed by atoms with Gasteiger partial charge in [-0.15, -0.1) is 0 Å². The van der Waals surface area contributed by atoms with Gasteiger partial charge in [0.1, 0.15) is 17.4 Å². The number of Topliss-reactive ketones (excluding diaryl/α,β-unsaturated/α-hetero) is 1. The van der Waals surface area contributed by atoms with Crippen molar-refractivity contribution in [3.8, 4) is 11.8 Å². The molecule has 0 saturated heterocycles. The van der Waals surface area contributed by atoms with Gasteiger partial charge in [-0.05, 0) is 62.6 Å². The summed E-state index contributed by atoms with van der Waals surface area (Å²) >= 11 is 0. The van der Waals surface area contributed by atoms with E-state index < -0.39 is 12.6 Å². The Morgan fingerprint density at radius 1 is 1.07 bits per heavy atom. The molecule has 0 fully saturated rings. The first-order valence-electron chi connectivity index (χ1n) is 8.98. The number of rotatable bonds is 7. The van der Waals surface area contributed by atoms with Crippen molar-refractivity contribution in [2.45, 2.75) is 27.7 Å². The maximum absolute atomic E-state index is 12.5. The number of esters is 1. The van der Waals surface area contributed by atoms with Gasteiger partial charge >= 0.3 is 5.97 Å². The number of aryl methyl sites for hydroxylation is 3. The summed E-state index contributed by atoms with van der Waals surface area (Å²) in [5.41, 5.74) is 3.77. The van der Waals surface area contributed by atoms with Crippen LogP contribution in [0.5, 0.6) is 5.75 Å². The molecule has 0 atom stereocenters. The summed E-state index contributed by atoms with van der Waals surface area (Å²) in [5, 5.41) is 9.27. The Balaban J connectivity index is 2.08. The first-order valence-corrected chi connectivity index (χ1v) is 8.98. The maximum Gasteiger partial charge on any atom is 0.349 e. The zero-order chi connectivity index (χ0) is 20.7. The quantitative estimate of drug-likeness (QED) is 0.310. The van der Waals surface area contributed by atoms with Crippen LogP contribution >= 0.6 is 0 Å². The molecule has 28 heavy (non-hydrogen) atoms. The summed E-state index contributed by atoms with van der Waals surface area (Å²) in [6, 6.07) is 12.6. The molecular weight excluding hydrogens is 354 g/mol. The summed E-state index contributed by atoms with van der Waals surface area (Å²) in [6.45, 7) is 7.69. The lowest BCUT2D eigenvalue weighted by Crippen LogP contribution is -2.17. The highest BCUT2D eigenvalue weighted by molar-refractivity contribution is 6.03. The predicted molar refractivity (Wildman–Crippen MR) is 107 cm³/mol. The van der Waals surface area contributed by atoms with E-state index in [-0.39, 0.29) is 11.4 Å². The summed E-state index contributed by atoms with van der Waals surface area (Å²) in [4.78, 5) is 24.7. The zero-order valence-electron chi connectivity index (χ0n) is 16.5. The fraction of sp³-hybridized carbons (Fsp3) is 0.261. The number of hydrogen-bond donors (Lipinski definition) is 0. The Morgan fingerprint density at radius 2 is 1.68 bits per heavy atom. The van der Waals surface area contributed by atoms with E-state index in [9.17, 15) is 14.9 Å². The third-order valence-electron chi connectivity index (χ3n) is 4.13. The molecule has 0 radical (unpaired) electrons. The highest BCUT2D eigenvalue weighted by Crippen LogP contribution is 2.18. The Morgan fingerprint density at radius 3 is 2.21 bits per heavy atom. The summed E-state index contributed by atoms with van der Waals surface area (Å²) in [5.74, 6) is -0.413. The highest BCUT2D eigenvalue weighted by atomic mass is 16.5. The molecule has 2 aromatic carbocycles. The first kappa shape index (κ1) is 20.9. The number of hydrogen-bond acceptors (Lipinski definition) is 5. The van der Waals surface area contributed by atoms with E-state index in [0.717, 1.165) is 16.7 Å². The van der Waals surface area contributed by atoms with Crippen molar-refractivity contribution in [3.05, 3.63) is 69.8 Å². The van der Waals surface area contributed by atoms with Gasteiger partial charge in [-0.25, -0.2) is 4.79 Å². The van der Waals surface area contributed by atoms with Gasteiger partial charge in [-0.1, -0.05) is 29.8 Å². The van der Waals surface area contributed by atoms with Crippen molar-refractivity contribution in [2.75, 3.05) is 13.2 Å². The summed E-state index contributed by atoms with van der Waals surface area (Å²) in [6.07, 6.45) is 1.42. The molecule has 0 heterocycles. The second-order valence-corrected chi connectivity index (χ2v) is 6.44. The predicted octanol–water partition coefficient (Wildman–Crippen LogP) is 4.34. The van der Waals surface area contributed by atoms with Crippen molar-refractivity contribution in [1.82, 2.24) is 0 Å².